The Hall–Kier alpha value is -4.85. The van der Waals surface area contributed by atoms with Crippen molar-refractivity contribution in [3.05, 3.63) is 84.0 Å². The lowest BCUT2D eigenvalue weighted by atomic mass is 10.1. The Kier molecular flexibility index (Phi) is 14.3. The first-order chi connectivity index (χ1) is 20.5. The van der Waals surface area contributed by atoms with Gasteiger partial charge >= 0.3 is 29.8 Å². The molecular formula is C30H34N2O11. The van der Waals surface area contributed by atoms with Gasteiger partial charge in [-0.1, -0.05) is 48.5 Å². The Balaban J connectivity index is 0.000000334. The third kappa shape index (κ3) is 12.7. The van der Waals surface area contributed by atoms with E-state index in [0.29, 0.717) is 37.5 Å². The lowest BCUT2D eigenvalue weighted by molar-refractivity contribution is -0.137. The van der Waals surface area contributed by atoms with Gasteiger partial charge in [0.05, 0.1) is 13.0 Å². The van der Waals surface area contributed by atoms with Crippen molar-refractivity contribution in [3.63, 3.8) is 0 Å². The van der Waals surface area contributed by atoms with Crippen LogP contribution in [0, 0.1) is 0 Å². The predicted molar refractivity (Wildman–Crippen MR) is 154 cm³/mol. The molecule has 2 aromatic rings. The standard InChI is InChI=1S/C22H26N2O3.2C4H4O4/c25-21(26)9-10-23-11-13-24(14-12-23)15-16-27-22-19-7-3-1-5-17(19)18-6-2-4-8-20(18)22;2*5-3(6)1-2-4(7)8/h1-8,22H,9-16H2,(H,25,26);2*1-2H,(H,5,6)(H,7,8)/b;2*2-1-. The van der Waals surface area contributed by atoms with Gasteiger partial charge in [-0.25, -0.2) is 19.2 Å². The highest BCUT2D eigenvalue weighted by atomic mass is 16.5. The molecule has 0 amide bonds. The molecule has 13 heteroatoms. The number of nitrogens with zero attached hydrogens (tertiary/aromatic N) is 2. The molecule has 0 radical (unpaired) electrons. The maximum atomic E-state index is 10.7. The number of fused-ring (bicyclic) bond motifs is 3. The van der Waals surface area contributed by atoms with Gasteiger partial charge in [-0.3, -0.25) is 9.69 Å². The van der Waals surface area contributed by atoms with E-state index in [9.17, 15) is 24.0 Å². The van der Waals surface area contributed by atoms with Crippen LogP contribution in [0.3, 0.4) is 0 Å². The highest BCUT2D eigenvalue weighted by Crippen LogP contribution is 2.44. The number of piperazine rings is 1. The first-order valence-corrected chi connectivity index (χ1v) is 13.2. The molecule has 1 saturated heterocycles. The van der Waals surface area contributed by atoms with Crippen LogP contribution in [0.25, 0.3) is 11.1 Å². The predicted octanol–water partition coefficient (Wildman–Crippen LogP) is 2.29. The largest absolute Gasteiger partial charge is 0.481 e. The van der Waals surface area contributed by atoms with E-state index >= 15 is 0 Å². The molecule has 4 rings (SSSR count). The summed E-state index contributed by atoms with van der Waals surface area (Å²) in [7, 11) is 0. The normalized spacial score (nSPS) is 14.6. The summed E-state index contributed by atoms with van der Waals surface area (Å²) in [6, 6.07) is 17.0. The zero-order valence-electron chi connectivity index (χ0n) is 23.2. The van der Waals surface area contributed by atoms with E-state index in [1.165, 1.54) is 22.3 Å². The van der Waals surface area contributed by atoms with Gasteiger partial charge in [0, 0.05) is 63.6 Å². The molecule has 0 aromatic heterocycles. The number of carbonyl (C=O) groups is 5. The Morgan fingerprint density at radius 3 is 1.37 bits per heavy atom. The van der Waals surface area contributed by atoms with E-state index < -0.39 is 29.8 Å². The van der Waals surface area contributed by atoms with Crippen molar-refractivity contribution in [1.82, 2.24) is 9.80 Å². The molecule has 1 fully saturated rings. The third-order valence-corrected chi connectivity index (χ3v) is 6.31. The Morgan fingerprint density at radius 1 is 0.628 bits per heavy atom. The minimum Gasteiger partial charge on any atom is -0.481 e. The highest BCUT2D eigenvalue weighted by molar-refractivity contribution is 5.90. The Morgan fingerprint density at radius 2 is 1.00 bits per heavy atom. The molecule has 0 atom stereocenters. The number of ether oxygens (including phenoxy) is 1. The molecule has 1 aliphatic heterocycles. The molecule has 0 spiro atoms. The molecule has 2 aliphatic rings. The number of benzene rings is 2. The van der Waals surface area contributed by atoms with Crippen LogP contribution in [0.5, 0.6) is 0 Å². The van der Waals surface area contributed by atoms with E-state index in [4.69, 9.17) is 30.3 Å². The van der Waals surface area contributed by atoms with E-state index in [0.717, 1.165) is 32.7 Å². The monoisotopic (exact) mass is 598 g/mol. The molecule has 230 valence electrons. The number of hydrogen-bond donors (Lipinski definition) is 5. The zero-order valence-corrected chi connectivity index (χ0v) is 23.2. The average molecular weight is 599 g/mol. The van der Waals surface area contributed by atoms with Gasteiger partial charge in [0.2, 0.25) is 0 Å². The average Bonchev–Trinajstić information content (AvgIpc) is 3.29. The second-order valence-electron chi connectivity index (χ2n) is 9.27. The molecular weight excluding hydrogens is 564 g/mol. The van der Waals surface area contributed by atoms with E-state index in [1.54, 1.807) is 0 Å². The number of carboxylic acid groups (broad SMARTS) is 5. The minimum absolute atomic E-state index is 0.0225. The first kappa shape index (κ1) is 34.4. The summed E-state index contributed by atoms with van der Waals surface area (Å²) in [4.78, 5) is 53.5. The summed E-state index contributed by atoms with van der Waals surface area (Å²) in [5.74, 6) is -5.75. The summed E-state index contributed by atoms with van der Waals surface area (Å²) in [6.07, 6.45) is 2.48. The number of rotatable bonds is 11. The van der Waals surface area contributed by atoms with Crippen molar-refractivity contribution >= 4 is 29.8 Å². The van der Waals surface area contributed by atoms with Gasteiger partial charge in [-0.2, -0.15) is 0 Å². The van der Waals surface area contributed by atoms with Crippen LogP contribution in [-0.4, -0.2) is 111 Å². The van der Waals surface area contributed by atoms with Crippen molar-refractivity contribution in [2.75, 3.05) is 45.9 Å². The van der Waals surface area contributed by atoms with Crippen LogP contribution < -0.4 is 0 Å². The Bertz CT molecular complexity index is 1220. The smallest absolute Gasteiger partial charge is 0.328 e. The van der Waals surface area contributed by atoms with Gasteiger partial charge < -0.3 is 35.2 Å². The van der Waals surface area contributed by atoms with Crippen molar-refractivity contribution in [3.8, 4) is 11.1 Å². The van der Waals surface area contributed by atoms with Crippen LogP contribution in [-0.2, 0) is 28.7 Å². The van der Waals surface area contributed by atoms with Crippen LogP contribution in [0.2, 0.25) is 0 Å². The van der Waals surface area contributed by atoms with Crippen LogP contribution >= 0.6 is 0 Å². The SMILES string of the molecule is O=C(O)/C=C\C(=O)O.O=C(O)/C=C\C(=O)O.O=C(O)CCN1CCN(CCOC2c3ccccc3-c3ccccc32)CC1. The quantitative estimate of drug-likeness (QED) is 0.236. The molecule has 0 unspecified atom stereocenters. The lowest BCUT2D eigenvalue weighted by Gasteiger charge is -2.34. The van der Waals surface area contributed by atoms with Gasteiger partial charge in [-0.15, -0.1) is 0 Å². The summed E-state index contributed by atoms with van der Waals surface area (Å²) in [5, 5.41) is 40.1. The van der Waals surface area contributed by atoms with Crippen molar-refractivity contribution in [2.45, 2.75) is 12.5 Å². The second-order valence-corrected chi connectivity index (χ2v) is 9.27. The highest BCUT2D eigenvalue weighted by Gasteiger charge is 2.28. The summed E-state index contributed by atoms with van der Waals surface area (Å²) < 4.78 is 6.33. The van der Waals surface area contributed by atoms with E-state index in [-0.39, 0.29) is 12.5 Å². The van der Waals surface area contributed by atoms with Crippen molar-refractivity contribution < 1.29 is 54.2 Å². The summed E-state index contributed by atoms with van der Waals surface area (Å²) in [6.45, 7) is 6.07. The molecule has 5 N–H and O–H groups in total. The maximum absolute atomic E-state index is 10.7. The third-order valence-electron chi connectivity index (χ3n) is 6.31. The van der Waals surface area contributed by atoms with E-state index in [2.05, 4.69) is 58.3 Å². The lowest BCUT2D eigenvalue weighted by Crippen LogP contribution is -2.47. The van der Waals surface area contributed by atoms with Gasteiger partial charge in [-0.05, 0) is 22.3 Å². The Labute approximate surface area is 247 Å². The fourth-order valence-electron chi connectivity index (χ4n) is 4.36. The van der Waals surface area contributed by atoms with Crippen LogP contribution in [0.1, 0.15) is 23.7 Å². The number of aliphatic carboxylic acids is 5. The number of hydrogen-bond acceptors (Lipinski definition) is 8. The molecule has 0 saturated carbocycles. The zero-order chi connectivity index (χ0) is 31.8. The molecule has 43 heavy (non-hydrogen) atoms. The fraction of sp³-hybridized carbons (Fsp3) is 0.300. The number of carboxylic acids is 5. The fourth-order valence-corrected chi connectivity index (χ4v) is 4.36. The van der Waals surface area contributed by atoms with Gasteiger partial charge in [0.25, 0.3) is 0 Å². The van der Waals surface area contributed by atoms with Gasteiger partial charge in [0.15, 0.2) is 0 Å². The van der Waals surface area contributed by atoms with Crippen LogP contribution in [0.15, 0.2) is 72.8 Å². The van der Waals surface area contributed by atoms with Gasteiger partial charge in [0.1, 0.15) is 6.10 Å². The second kappa shape index (κ2) is 17.9. The van der Waals surface area contributed by atoms with Crippen molar-refractivity contribution in [1.29, 1.82) is 0 Å². The minimum atomic E-state index is -1.26. The van der Waals surface area contributed by atoms with Crippen molar-refractivity contribution in [2.24, 2.45) is 0 Å². The molecule has 13 nitrogen and oxygen atoms in total. The molecule has 0 bridgehead atoms. The topological polar surface area (TPSA) is 202 Å². The molecule has 1 heterocycles. The van der Waals surface area contributed by atoms with Crippen LogP contribution in [0.4, 0.5) is 0 Å². The molecule has 1 aliphatic carbocycles. The van der Waals surface area contributed by atoms with E-state index in [1.807, 2.05) is 0 Å². The summed E-state index contributed by atoms with van der Waals surface area (Å²) in [5.41, 5.74) is 5.09. The summed E-state index contributed by atoms with van der Waals surface area (Å²) >= 11 is 0. The first-order valence-electron chi connectivity index (χ1n) is 13.2. The molecule has 2 aromatic carbocycles. The maximum Gasteiger partial charge on any atom is 0.328 e.